The van der Waals surface area contributed by atoms with Gasteiger partial charge in [0.1, 0.15) is 5.78 Å². The fourth-order valence-electron chi connectivity index (χ4n) is 2.09. The molecule has 0 spiro atoms. The summed E-state index contributed by atoms with van der Waals surface area (Å²) in [5.41, 5.74) is 0. The lowest BCUT2D eigenvalue weighted by atomic mass is 9.85. The molecule has 2 heteroatoms. The van der Waals surface area contributed by atoms with Crippen LogP contribution in [0.3, 0.4) is 0 Å². The van der Waals surface area contributed by atoms with E-state index in [2.05, 4.69) is 0 Å². The summed E-state index contributed by atoms with van der Waals surface area (Å²) in [5.74, 6) is 1.00. The average Bonchev–Trinajstić information content (AvgIpc) is 2.16. The van der Waals surface area contributed by atoms with Crippen molar-refractivity contribution in [1.29, 1.82) is 0 Å². The third-order valence-electron chi connectivity index (χ3n) is 2.85. The Morgan fingerprint density at radius 1 is 1.23 bits per heavy atom. The maximum atomic E-state index is 11.4. The van der Waals surface area contributed by atoms with Crippen LogP contribution < -0.4 is 0 Å². The van der Waals surface area contributed by atoms with Crippen molar-refractivity contribution in [3.63, 3.8) is 0 Å². The maximum Gasteiger partial charge on any atom is 0.133 e. The molecule has 0 unspecified atom stereocenters. The lowest BCUT2D eigenvalue weighted by molar-refractivity contribution is -0.120. The fraction of sp³-hybridized carbons (Fsp3) is 0.909. The van der Waals surface area contributed by atoms with Crippen LogP contribution in [-0.2, 0) is 4.79 Å². The first-order valence-corrected chi connectivity index (χ1v) is 5.45. The summed E-state index contributed by atoms with van der Waals surface area (Å²) < 4.78 is 0. The number of ketones is 1. The predicted octanol–water partition coefficient (Wildman–Crippen LogP) is 2.30. The Labute approximate surface area is 80.3 Å². The molecular formula is C11H20O2. The van der Waals surface area contributed by atoms with E-state index >= 15 is 0 Å². The van der Waals surface area contributed by atoms with Gasteiger partial charge in [0.2, 0.25) is 0 Å². The van der Waals surface area contributed by atoms with Crippen LogP contribution in [0, 0.1) is 5.92 Å². The zero-order chi connectivity index (χ0) is 9.52. The molecule has 76 valence electrons. The van der Waals surface area contributed by atoms with Crippen molar-refractivity contribution in [3.05, 3.63) is 0 Å². The minimum atomic E-state index is 0.149. The van der Waals surface area contributed by atoms with Crippen LogP contribution >= 0.6 is 0 Å². The monoisotopic (exact) mass is 184 g/mol. The van der Waals surface area contributed by atoms with E-state index in [0.717, 1.165) is 6.42 Å². The Balaban J connectivity index is 2.11. The summed E-state index contributed by atoms with van der Waals surface area (Å²) >= 11 is 0. The van der Waals surface area contributed by atoms with Crippen molar-refractivity contribution in [3.8, 4) is 0 Å². The zero-order valence-corrected chi connectivity index (χ0v) is 8.30. The Morgan fingerprint density at radius 2 is 1.92 bits per heavy atom. The SMILES string of the molecule is O=C(CCCO)CC1CCCCC1. The smallest absolute Gasteiger partial charge is 0.133 e. The van der Waals surface area contributed by atoms with Crippen molar-refractivity contribution in [2.75, 3.05) is 6.61 Å². The molecule has 0 aromatic rings. The Kier molecular flexibility index (Phi) is 5.06. The number of hydrogen-bond donors (Lipinski definition) is 1. The van der Waals surface area contributed by atoms with Gasteiger partial charge in [-0.2, -0.15) is 0 Å². The summed E-state index contributed by atoms with van der Waals surface area (Å²) in [6, 6.07) is 0. The standard InChI is InChI=1S/C11H20O2/c12-8-4-7-11(13)9-10-5-2-1-3-6-10/h10,12H,1-9H2. The summed E-state index contributed by atoms with van der Waals surface area (Å²) in [6.07, 6.45) is 8.42. The first-order valence-electron chi connectivity index (χ1n) is 5.45. The third-order valence-corrected chi connectivity index (χ3v) is 2.85. The normalized spacial score (nSPS) is 18.8. The molecule has 0 aromatic carbocycles. The number of carbonyl (C=O) groups excluding carboxylic acids is 1. The summed E-state index contributed by atoms with van der Waals surface area (Å²) in [6.45, 7) is 0.149. The van der Waals surface area contributed by atoms with Crippen molar-refractivity contribution >= 4 is 5.78 Å². The number of carbonyl (C=O) groups is 1. The van der Waals surface area contributed by atoms with Crippen LogP contribution in [0.25, 0.3) is 0 Å². The van der Waals surface area contributed by atoms with Gasteiger partial charge in [-0.1, -0.05) is 32.1 Å². The molecule has 13 heavy (non-hydrogen) atoms. The summed E-state index contributed by atoms with van der Waals surface area (Å²) in [4.78, 5) is 11.4. The minimum Gasteiger partial charge on any atom is -0.396 e. The molecule has 1 N–H and O–H groups in total. The minimum absolute atomic E-state index is 0.149. The van der Waals surface area contributed by atoms with Gasteiger partial charge in [-0.25, -0.2) is 0 Å². The molecule has 2 nitrogen and oxygen atoms in total. The van der Waals surface area contributed by atoms with E-state index in [1.165, 1.54) is 32.1 Å². The van der Waals surface area contributed by atoms with Gasteiger partial charge in [-0.3, -0.25) is 4.79 Å². The summed E-state index contributed by atoms with van der Waals surface area (Å²) in [7, 11) is 0. The fourth-order valence-corrected chi connectivity index (χ4v) is 2.09. The van der Waals surface area contributed by atoms with Crippen LogP contribution in [0.5, 0.6) is 0 Å². The number of rotatable bonds is 5. The number of aliphatic hydroxyl groups is 1. The van der Waals surface area contributed by atoms with E-state index in [4.69, 9.17) is 5.11 Å². The van der Waals surface area contributed by atoms with E-state index in [1.54, 1.807) is 0 Å². The zero-order valence-electron chi connectivity index (χ0n) is 8.30. The lowest BCUT2D eigenvalue weighted by Crippen LogP contribution is -2.12. The number of Topliss-reactive ketones (excluding diaryl/α,β-unsaturated/α-hetero) is 1. The molecule has 0 heterocycles. The highest BCUT2D eigenvalue weighted by atomic mass is 16.3. The lowest BCUT2D eigenvalue weighted by Gasteiger charge is -2.20. The van der Waals surface area contributed by atoms with Gasteiger partial charge in [-0.05, 0) is 12.3 Å². The van der Waals surface area contributed by atoms with Gasteiger partial charge in [0.25, 0.3) is 0 Å². The molecule has 0 radical (unpaired) electrons. The van der Waals surface area contributed by atoms with Crippen LogP contribution in [0.1, 0.15) is 51.4 Å². The van der Waals surface area contributed by atoms with Crippen molar-refractivity contribution in [2.45, 2.75) is 51.4 Å². The van der Waals surface area contributed by atoms with E-state index in [1.807, 2.05) is 0 Å². The van der Waals surface area contributed by atoms with E-state index in [9.17, 15) is 4.79 Å². The van der Waals surface area contributed by atoms with Gasteiger partial charge < -0.3 is 5.11 Å². The first-order chi connectivity index (χ1) is 6.33. The van der Waals surface area contributed by atoms with Crippen molar-refractivity contribution in [1.82, 2.24) is 0 Å². The van der Waals surface area contributed by atoms with E-state index < -0.39 is 0 Å². The van der Waals surface area contributed by atoms with Gasteiger partial charge in [0.05, 0.1) is 0 Å². The Bertz CT molecular complexity index is 148. The molecule has 0 bridgehead atoms. The molecule has 1 rings (SSSR count). The van der Waals surface area contributed by atoms with Gasteiger partial charge in [0.15, 0.2) is 0 Å². The average molecular weight is 184 g/mol. The number of aliphatic hydroxyl groups excluding tert-OH is 1. The van der Waals surface area contributed by atoms with Gasteiger partial charge in [-0.15, -0.1) is 0 Å². The molecule has 0 aromatic heterocycles. The Morgan fingerprint density at radius 3 is 2.54 bits per heavy atom. The van der Waals surface area contributed by atoms with Crippen LogP contribution in [0.2, 0.25) is 0 Å². The van der Waals surface area contributed by atoms with E-state index in [-0.39, 0.29) is 6.61 Å². The van der Waals surface area contributed by atoms with Crippen molar-refractivity contribution in [2.24, 2.45) is 5.92 Å². The molecule has 1 aliphatic carbocycles. The summed E-state index contributed by atoms with van der Waals surface area (Å²) in [5, 5.41) is 8.57. The third kappa shape index (κ3) is 4.41. The van der Waals surface area contributed by atoms with E-state index in [0.29, 0.717) is 24.5 Å². The molecule has 0 aliphatic heterocycles. The van der Waals surface area contributed by atoms with Gasteiger partial charge in [0, 0.05) is 19.4 Å². The first kappa shape index (κ1) is 10.7. The van der Waals surface area contributed by atoms with Crippen molar-refractivity contribution < 1.29 is 9.90 Å². The topological polar surface area (TPSA) is 37.3 Å². The second kappa shape index (κ2) is 6.14. The van der Waals surface area contributed by atoms with Gasteiger partial charge >= 0.3 is 0 Å². The molecule has 1 saturated carbocycles. The van der Waals surface area contributed by atoms with Crippen LogP contribution in [0.15, 0.2) is 0 Å². The van der Waals surface area contributed by atoms with Crippen LogP contribution in [0.4, 0.5) is 0 Å². The largest absolute Gasteiger partial charge is 0.396 e. The molecule has 0 atom stereocenters. The van der Waals surface area contributed by atoms with Crippen LogP contribution in [-0.4, -0.2) is 17.5 Å². The quantitative estimate of drug-likeness (QED) is 0.711. The number of hydrogen-bond acceptors (Lipinski definition) is 2. The molecular weight excluding hydrogens is 164 g/mol. The molecule has 1 aliphatic rings. The highest BCUT2D eigenvalue weighted by Crippen LogP contribution is 2.26. The maximum absolute atomic E-state index is 11.4. The Hall–Kier alpha value is -0.370. The molecule has 1 fully saturated rings. The highest BCUT2D eigenvalue weighted by molar-refractivity contribution is 5.78. The molecule has 0 amide bonds. The molecule has 0 saturated heterocycles. The second-order valence-electron chi connectivity index (χ2n) is 4.07. The highest BCUT2D eigenvalue weighted by Gasteiger charge is 2.16. The second-order valence-corrected chi connectivity index (χ2v) is 4.07. The predicted molar refractivity (Wildman–Crippen MR) is 52.5 cm³/mol.